The molecular weight excluding hydrogens is 384 g/mol. The van der Waals surface area contributed by atoms with Gasteiger partial charge in [0.1, 0.15) is 11.5 Å². The van der Waals surface area contributed by atoms with Crippen molar-refractivity contribution in [2.75, 3.05) is 32.9 Å². The third-order valence-corrected chi connectivity index (χ3v) is 4.33. The Balaban J connectivity index is 1.99. The summed E-state index contributed by atoms with van der Waals surface area (Å²) in [5.41, 5.74) is 0.864. The lowest BCUT2D eigenvalue weighted by Gasteiger charge is -2.18. The minimum Gasteiger partial charge on any atom is -0.351 e. The van der Waals surface area contributed by atoms with E-state index in [0.717, 1.165) is 4.90 Å². The van der Waals surface area contributed by atoms with Gasteiger partial charge in [-0.1, -0.05) is 11.8 Å². The largest absolute Gasteiger partial charge is 0.401 e. The van der Waals surface area contributed by atoms with Gasteiger partial charge >= 0.3 is 6.18 Å². The summed E-state index contributed by atoms with van der Waals surface area (Å²) in [6, 6.07) is 5.66. The average molecular weight is 404 g/mol. The predicted molar refractivity (Wildman–Crippen MR) is 95.8 cm³/mol. The molecule has 1 N–H and O–H groups in total. The van der Waals surface area contributed by atoms with Crippen LogP contribution < -0.4 is 5.32 Å². The molecule has 1 aromatic carbocycles. The first-order valence-corrected chi connectivity index (χ1v) is 9.35. The second-order valence-corrected chi connectivity index (χ2v) is 6.68. The summed E-state index contributed by atoms with van der Waals surface area (Å²) in [7, 11) is 1.38. The number of aromatic nitrogens is 2. The van der Waals surface area contributed by atoms with Crippen LogP contribution in [0.1, 0.15) is 16.9 Å². The third kappa shape index (κ3) is 6.24. The number of hydrogen-bond donors (Lipinski definition) is 1. The zero-order chi connectivity index (χ0) is 20.0. The van der Waals surface area contributed by atoms with E-state index in [1.165, 1.54) is 37.1 Å². The van der Waals surface area contributed by atoms with Crippen LogP contribution in [0.25, 0.3) is 5.69 Å². The van der Waals surface area contributed by atoms with E-state index in [-0.39, 0.29) is 18.8 Å². The van der Waals surface area contributed by atoms with Crippen molar-refractivity contribution in [1.82, 2.24) is 19.8 Å². The molecule has 2 rings (SSSR count). The number of amides is 1. The molecule has 0 atom stereocenters. The van der Waals surface area contributed by atoms with Crippen LogP contribution in [0, 0.1) is 5.82 Å². The van der Waals surface area contributed by atoms with Crippen molar-refractivity contribution < 1.29 is 22.4 Å². The van der Waals surface area contributed by atoms with Crippen molar-refractivity contribution in [3.8, 4) is 5.69 Å². The SMILES string of the molecule is CSc1ncc(C(=O)NCCCN(C)CC(F)(F)F)n1-c1ccc(F)cc1. The Kier molecular flexibility index (Phi) is 7.25. The molecule has 0 saturated carbocycles. The maximum absolute atomic E-state index is 13.2. The quantitative estimate of drug-likeness (QED) is 0.417. The van der Waals surface area contributed by atoms with Gasteiger partial charge in [0.25, 0.3) is 5.91 Å². The lowest BCUT2D eigenvalue weighted by atomic mass is 10.3. The van der Waals surface area contributed by atoms with Crippen LogP contribution >= 0.6 is 11.8 Å². The van der Waals surface area contributed by atoms with E-state index < -0.39 is 24.4 Å². The van der Waals surface area contributed by atoms with Gasteiger partial charge in [0.05, 0.1) is 12.7 Å². The second kappa shape index (κ2) is 9.23. The molecule has 0 aliphatic rings. The maximum atomic E-state index is 13.2. The van der Waals surface area contributed by atoms with Crippen LogP contribution in [0.2, 0.25) is 0 Å². The molecule has 10 heteroatoms. The lowest BCUT2D eigenvalue weighted by Crippen LogP contribution is -2.34. The van der Waals surface area contributed by atoms with Gasteiger partial charge < -0.3 is 5.32 Å². The smallest absolute Gasteiger partial charge is 0.351 e. The van der Waals surface area contributed by atoms with Gasteiger partial charge in [0.15, 0.2) is 5.16 Å². The summed E-state index contributed by atoms with van der Waals surface area (Å²) in [6.07, 6.45) is -0.646. The highest BCUT2D eigenvalue weighted by Gasteiger charge is 2.28. The summed E-state index contributed by atoms with van der Waals surface area (Å²) in [4.78, 5) is 17.8. The van der Waals surface area contributed by atoms with Gasteiger partial charge in [-0.3, -0.25) is 14.3 Å². The standard InChI is InChI=1S/C17H20F4N4OS/c1-24(11-17(19,20)21)9-3-8-22-15(26)14-10-23-16(27-2)25(14)13-6-4-12(18)5-7-13/h4-7,10H,3,8-9,11H2,1-2H3,(H,22,26). The number of rotatable bonds is 8. The molecule has 2 aromatic rings. The minimum atomic E-state index is -4.24. The van der Waals surface area contributed by atoms with Crippen LogP contribution in [0.5, 0.6) is 0 Å². The highest BCUT2D eigenvalue weighted by atomic mass is 32.2. The zero-order valence-corrected chi connectivity index (χ0v) is 15.7. The van der Waals surface area contributed by atoms with E-state index in [0.29, 0.717) is 17.3 Å². The zero-order valence-electron chi connectivity index (χ0n) is 14.9. The van der Waals surface area contributed by atoms with Gasteiger partial charge in [-0.15, -0.1) is 0 Å². The van der Waals surface area contributed by atoms with Crippen molar-refractivity contribution in [3.63, 3.8) is 0 Å². The van der Waals surface area contributed by atoms with Gasteiger partial charge in [-0.2, -0.15) is 13.2 Å². The number of halogens is 4. The number of carbonyl (C=O) groups excluding carboxylic acids is 1. The highest BCUT2D eigenvalue weighted by Crippen LogP contribution is 2.22. The molecule has 1 aromatic heterocycles. The monoisotopic (exact) mass is 404 g/mol. The molecule has 1 amide bonds. The van der Waals surface area contributed by atoms with Crippen molar-refractivity contribution in [2.24, 2.45) is 0 Å². The van der Waals surface area contributed by atoms with Crippen LogP contribution in [0.3, 0.4) is 0 Å². The van der Waals surface area contributed by atoms with Gasteiger partial charge in [-0.05, 0) is 50.5 Å². The average Bonchev–Trinajstić information content (AvgIpc) is 3.02. The Bertz CT molecular complexity index is 761. The lowest BCUT2D eigenvalue weighted by molar-refractivity contribution is -0.143. The number of benzene rings is 1. The number of nitrogens with zero attached hydrogens (tertiary/aromatic N) is 3. The van der Waals surface area contributed by atoms with Crippen LogP contribution in [0.15, 0.2) is 35.6 Å². The first-order valence-electron chi connectivity index (χ1n) is 8.12. The Morgan fingerprint density at radius 3 is 2.56 bits per heavy atom. The van der Waals surface area contributed by atoms with E-state index in [9.17, 15) is 22.4 Å². The fourth-order valence-corrected chi connectivity index (χ4v) is 3.05. The van der Waals surface area contributed by atoms with Crippen molar-refractivity contribution in [1.29, 1.82) is 0 Å². The molecule has 27 heavy (non-hydrogen) atoms. The number of imidazole rings is 1. The molecule has 0 aliphatic carbocycles. The summed E-state index contributed by atoms with van der Waals surface area (Å²) >= 11 is 1.34. The van der Waals surface area contributed by atoms with Crippen LogP contribution in [-0.4, -0.2) is 59.5 Å². The summed E-state index contributed by atoms with van der Waals surface area (Å²) in [5.74, 6) is -0.788. The fourth-order valence-electron chi connectivity index (χ4n) is 2.51. The topological polar surface area (TPSA) is 50.2 Å². The van der Waals surface area contributed by atoms with Gasteiger partial charge in [0, 0.05) is 12.2 Å². The Hall–Kier alpha value is -2.07. The molecule has 1 heterocycles. The van der Waals surface area contributed by atoms with Crippen LogP contribution in [-0.2, 0) is 0 Å². The van der Waals surface area contributed by atoms with E-state index in [1.54, 1.807) is 23.0 Å². The molecule has 0 bridgehead atoms. The van der Waals surface area contributed by atoms with Gasteiger partial charge in [0.2, 0.25) is 0 Å². The fraction of sp³-hybridized carbons (Fsp3) is 0.412. The number of thioether (sulfide) groups is 1. The molecule has 5 nitrogen and oxygen atoms in total. The van der Waals surface area contributed by atoms with E-state index in [1.807, 2.05) is 0 Å². The number of carbonyl (C=O) groups is 1. The maximum Gasteiger partial charge on any atom is 0.401 e. The van der Waals surface area contributed by atoms with Crippen LogP contribution in [0.4, 0.5) is 17.6 Å². The second-order valence-electron chi connectivity index (χ2n) is 5.90. The Morgan fingerprint density at radius 1 is 1.30 bits per heavy atom. The molecule has 0 fully saturated rings. The van der Waals surface area contributed by atoms with Crippen molar-refractivity contribution >= 4 is 17.7 Å². The predicted octanol–water partition coefficient (Wildman–Crippen LogP) is 3.35. The summed E-state index contributed by atoms with van der Waals surface area (Å²) in [5, 5.41) is 3.25. The minimum absolute atomic E-state index is 0.201. The van der Waals surface area contributed by atoms with E-state index in [2.05, 4.69) is 10.3 Å². The number of alkyl halides is 3. The third-order valence-electron chi connectivity index (χ3n) is 3.68. The summed E-state index contributed by atoms with van der Waals surface area (Å²) in [6.45, 7) is -0.563. The van der Waals surface area contributed by atoms with Gasteiger partial charge in [-0.25, -0.2) is 9.37 Å². The molecular formula is C17H20F4N4OS. The molecule has 0 unspecified atom stereocenters. The number of hydrogen-bond acceptors (Lipinski definition) is 4. The Morgan fingerprint density at radius 2 is 1.96 bits per heavy atom. The molecule has 0 radical (unpaired) electrons. The highest BCUT2D eigenvalue weighted by molar-refractivity contribution is 7.98. The number of nitrogens with one attached hydrogen (secondary N) is 1. The molecule has 148 valence electrons. The first-order chi connectivity index (χ1) is 12.7. The summed E-state index contributed by atoms with van der Waals surface area (Å²) < 4.78 is 51.6. The molecule has 0 aliphatic heterocycles. The van der Waals surface area contributed by atoms with Crippen molar-refractivity contribution in [2.45, 2.75) is 17.8 Å². The molecule has 0 saturated heterocycles. The normalized spacial score (nSPS) is 11.8. The Labute approximate surface area is 158 Å². The first kappa shape index (κ1) is 21.2. The van der Waals surface area contributed by atoms with E-state index in [4.69, 9.17) is 0 Å². The molecule has 0 spiro atoms. The van der Waals surface area contributed by atoms with E-state index >= 15 is 0 Å². The van der Waals surface area contributed by atoms with Crippen molar-refractivity contribution in [3.05, 3.63) is 42.0 Å².